The van der Waals surface area contributed by atoms with Gasteiger partial charge in [-0.05, 0) is 44.0 Å². The minimum Gasteiger partial charge on any atom is -0.497 e. The van der Waals surface area contributed by atoms with Crippen molar-refractivity contribution in [3.63, 3.8) is 0 Å². The summed E-state index contributed by atoms with van der Waals surface area (Å²) in [6.07, 6.45) is 3.12. The van der Waals surface area contributed by atoms with Gasteiger partial charge in [0.25, 0.3) is 0 Å². The molecule has 0 aliphatic heterocycles. The number of rotatable bonds is 14. The number of anilines is 1. The minimum absolute atomic E-state index is 0.0185. The number of ether oxygens (including phenoxy) is 1. The third-order valence-corrected chi connectivity index (χ3v) is 7.78. The van der Waals surface area contributed by atoms with Crippen LogP contribution in [0.1, 0.15) is 45.1 Å². The predicted octanol–water partition coefficient (Wildman–Crippen LogP) is 4.88. The lowest BCUT2D eigenvalue weighted by Crippen LogP contribution is -2.48. The number of nitrogens with one attached hydrogen (secondary N) is 1. The lowest BCUT2D eigenvalue weighted by atomic mass is 10.1. The third-order valence-electron chi connectivity index (χ3n) is 5.88. The lowest BCUT2D eigenvalue weighted by molar-refractivity contribution is -0.140. The number of hydrogen-bond acceptors (Lipinski definition) is 5. The van der Waals surface area contributed by atoms with Crippen LogP contribution in [0, 0.1) is 0 Å². The van der Waals surface area contributed by atoms with E-state index in [1.807, 2.05) is 6.92 Å². The van der Waals surface area contributed by atoms with Crippen molar-refractivity contribution in [1.82, 2.24) is 10.2 Å². The summed E-state index contributed by atoms with van der Waals surface area (Å²) in [6, 6.07) is 11.0. The van der Waals surface area contributed by atoms with Crippen LogP contribution in [-0.4, -0.2) is 57.6 Å². The molecule has 1 atom stereocenters. The van der Waals surface area contributed by atoms with Crippen LogP contribution in [0.2, 0.25) is 10.0 Å². The molecule has 2 aromatic carbocycles. The zero-order chi connectivity index (χ0) is 27.6. The first-order valence-electron chi connectivity index (χ1n) is 12.1. The Morgan fingerprint density at radius 2 is 1.73 bits per heavy atom. The molecule has 204 valence electrons. The van der Waals surface area contributed by atoms with E-state index in [1.165, 1.54) is 16.3 Å². The molecule has 0 saturated carbocycles. The molecule has 0 radical (unpaired) electrons. The molecule has 0 unspecified atom stereocenters. The molecule has 0 fully saturated rings. The van der Waals surface area contributed by atoms with Crippen molar-refractivity contribution in [2.24, 2.45) is 0 Å². The van der Waals surface area contributed by atoms with Gasteiger partial charge in [-0.25, -0.2) is 8.42 Å². The van der Waals surface area contributed by atoms with E-state index < -0.39 is 16.1 Å². The van der Waals surface area contributed by atoms with Crippen LogP contribution in [0.4, 0.5) is 5.69 Å². The molecular weight excluding hydrogens is 537 g/mol. The summed E-state index contributed by atoms with van der Waals surface area (Å²) in [7, 11) is -2.11. The number of halogens is 2. The zero-order valence-electron chi connectivity index (χ0n) is 21.7. The van der Waals surface area contributed by atoms with Crippen LogP contribution in [0.25, 0.3) is 0 Å². The molecule has 2 rings (SSSR count). The topological polar surface area (TPSA) is 96.0 Å². The van der Waals surface area contributed by atoms with Gasteiger partial charge in [0.05, 0.1) is 19.1 Å². The Balaban J connectivity index is 2.21. The van der Waals surface area contributed by atoms with Gasteiger partial charge in [-0.3, -0.25) is 13.9 Å². The van der Waals surface area contributed by atoms with Gasteiger partial charge in [0.2, 0.25) is 21.8 Å². The fourth-order valence-electron chi connectivity index (χ4n) is 3.74. The molecule has 8 nitrogen and oxygen atoms in total. The van der Waals surface area contributed by atoms with Gasteiger partial charge in [-0.1, -0.05) is 48.7 Å². The molecule has 0 spiro atoms. The minimum atomic E-state index is -3.61. The molecule has 2 amide bonds. The zero-order valence-corrected chi connectivity index (χ0v) is 24.0. The van der Waals surface area contributed by atoms with Crippen molar-refractivity contribution in [2.75, 3.05) is 30.8 Å². The summed E-state index contributed by atoms with van der Waals surface area (Å²) >= 11 is 12.7. The number of nitrogens with zero attached hydrogens (tertiary/aromatic N) is 2. The SMILES string of the molecule is CCCCNC(=O)[C@@H](C)N(Cc1c(Cl)cccc1Cl)C(=O)CCCN(c1cccc(OC)c1)S(C)(=O)=O. The Kier molecular flexibility index (Phi) is 12.0. The van der Waals surface area contributed by atoms with Gasteiger partial charge in [0.1, 0.15) is 11.8 Å². The summed E-state index contributed by atoms with van der Waals surface area (Å²) in [4.78, 5) is 27.6. The Morgan fingerprint density at radius 1 is 1.08 bits per heavy atom. The van der Waals surface area contributed by atoms with Gasteiger partial charge in [0.15, 0.2) is 0 Å². The first-order chi connectivity index (χ1) is 17.5. The number of hydrogen-bond donors (Lipinski definition) is 1. The monoisotopic (exact) mass is 571 g/mol. The second-order valence-electron chi connectivity index (χ2n) is 8.68. The van der Waals surface area contributed by atoms with Crippen LogP contribution >= 0.6 is 23.2 Å². The molecule has 2 aromatic rings. The van der Waals surface area contributed by atoms with Crippen LogP contribution in [0.3, 0.4) is 0 Å². The van der Waals surface area contributed by atoms with E-state index in [2.05, 4.69) is 5.32 Å². The average Bonchev–Trinajstić information content (AvgIpc) is 2.85. The largest absolute Gasteiger partial charge is 0.497 e. The van der Waals surface area contributed by atoms with E-state index in [4.69, 9.17) is 27.9 Å². The van der Waals surface area contributed by atoms with E-state index in [0.29, 0.717) is 33.6 Å². The van der Waals surface area contributed by atoms with E-state index in [1.54, 1.807) is 49.4 Å². The molecule has 0 bridgehead atoms. The Bertz CT molecular complexity index is 1160. The Morgan fingerprint density at radius 3 is 2.32 bits per heavy atom. The molecule has 11 heteroatoms. The highest BCUT2D eigenvalue weighted by molar-refractivity contribution is 7.92. The van der Waals surface area contributed by atoms with Crippen molar-refractivity contribution in [2.45, 2.75) is 52.1 Å². The quantitative estimate of drug-likeness (QED) is 0.326. The maximum Gasteiger partial charge on any atom is 0.242 e. The summed E-state index contributed by atoms with van der Waals surface area (Å²) < 4.78 is 31.4. The fourth-order valence-corrected chi connectivity index (χ4v) is 5.22. The highest BCUT2D eigenvalue weighted by Gasteiger charge is 2.27. The Labute approximate surface area is 229 Å². The van der Waals surface area contributed by atoms with E-state index in [9.17, 15) is 18.0 Å². The molecule has 37 heavy (non-hydrogen) atoms. The second kappa shape index (κ2) is 14.4. The van der Waals surface area contributed by atoms with Gasteiger partial charge >= 0.3 is 0 Å². The maximum absolute atomic E-state index is 13.4. The normalized spacial score (nSPS) is 12.1. The van der Waals surface area contributed by atoms with Crippen molar-refractivity contribution in [1.29, 1.82) is 0 Å². The van der Waals surface area contributed by atoms with Crippen molar-refractivity contribution in [3.8, 4) is 5.75 Å². The van der Waals surface area contributed by atoms with Gasteiger partial charge in [-0.2, -0.15) is 0 Å². The van der Waals surface area contributed by atoms with E-state index in [-0.39, 0.29) is 37.7 Å². The first-order valence-corrected chi connectivity index (χ1v) is 14.7. The van der Waals surface area contributed by atoms with Crippen molar-refractivity contribution >= 4 is 50.7 Å². The molecule has 0 aliphatic rings. The van der Waals surface area contributed by atoms with Crippen LogP contribution in [-0.2, 0) is 26.2 Å². The van der Waals surface area contributed by atoms with E-state index in [0.717, 1.165) is 19.1 Å². The predicted molar refractivity (Wildman–Crippen MR) is 149 cm³/mol. The maximum atomic E-state index is 13.4. The number of carbonyl (C=O) groups excluding carboxylic acids is 2. The number of methoxy groups -OCH3 is 1. The van der Waals surface area contributed by atoms with Crippen LogP contribution < -0.4 is 14.4 Å². The molecule has 0 saturated heterocycles. The fraction of sp³-hybridized carbons (Fsp3) is 0.462. The molecule has 1 N–H and O–H groups in total. The number of sulfonamides is 1. The van der Waals surface area contributed by atoms with Crippen molar-refractivity contribution < 1.29 is 22.7 Å². The van der Waals surface area contributed by atoms with Crippen LogP contribution in [0.15, 0.2) is 42.5 Å². The summed E-state index contributed by atoms with van der Waals surface area (Å²) in [5, 5.41) is 3.65. The molecular formula is C26H35Cl2N3O5S. The summed E-state index contributed by atoms with van der Waals surface area (Å²) in [5.74, 6) is -0.0692. The number of amides is 2. The standard InChI is InChI=1S/C26H35Cl2N3O5S/c1-5-6-15-29-26(33)19(2)30(18-22-23(27)12-8-13-24(22)28)25(32)14-9-16-31(37(4,34)35)20-10-7-11-21(17-20)36-3/h7-8,10-13,17,19H,5-6,9,14-16,18H2,1-4H3,(H,29,33)/t19-/m1/s1. The number of benzene rings is 2. The number of carbonyl (C=O) groups is 2. The molecule has 0 heterocycles. The second-order valence-corrected chi connectivity index (χ2v) is 11.4. The summed E-state index contributed by atoms with van der Waals surface area (Å²) in [6.45, 7) is 4.32. The van der Waals surface area contributed by atoms with Gasteiger partial charge in [0, 0.05) is 47.7 Å². The number of unbranched alkanes of at least 4 members (excludes halogenated alkanes) is 1. The highest BCUT2D eigenvalue weighted by Crippen LogP contribution is 2.27. The van der Waals surface area contributed by atoms with Gasteiger partial charge < -0.3 is 15.0 Å². The highest BCUT2D eigenvalue weighted by atomic mass is 35.5. The first kappa shape index (κ1) is 30.7. The van der Waals surface area contributed by atoms with Crippen LogP contribution in [0.5, 0.6) is 5.75 Å². The molecule has 0 aliphatic carbocycles. The lowest BCUT2D eigenvalue weighted by Gasteiger charge is -2.30. The average molecular weight is 573 g/mol. The summed E-state index contributed by atoms with van der Waals surface area (Å²) in [5.41, 5.74) is 0.985. The van der Waals surface area contributed by atoms with E-state index >= 15 is 0 Å². The Hall–Kier alpha value is -2.49. The third kappa shape index (κ3) is 9.09. The molecule has 0 aromatic heterocycles. The van der Waals surface area contributed by atoms with Gasteiger partial charge in [-0.15, -0.1) is 0 Å². The van der Waals surface area contributed by atoms with Crippen molar-refractivity contribution in [3.05, 3.63) is 58.1 Å². The smallest absolute Gasteiger partial charge is 0.242 e.